The van der Waals surface area contributed by atoms with Crippen LogP contribution >= 0.6 is 11.3 Å². The van der Waals surface area contributed by atoms with E-state index < -0.39 is 0 Å². The Morgan fingerprint density at radius 3 is 2.90 bits per heavy atom. The lowest BCUT2D eigenvalue weighted by Gasteiger charge is -2.41. The lowest BCUT2D eigenvalue weighted by atomic mass is 10.0. The average molecular weight is 294 g/mol. The van der Waals surface area contributed by atoms with E-state index in [0.717, 1.165) is 26.2 Å². The first kappa shape index (κ1) is 13.9. The van der Waals surface area contributed by atoms with Gasteiger partial charge in [0.05, 0.1) is 12.1 Å². The van der Waals surface area contributed by atoms with Crippen LogP contribution in [0.3, 0.4) is 0 Å². The van der Waals surface area contributed by atoms with E-state index in [4.69, 9.17) is 5.73 Å². The molecule has 0 bridgehead atoms. The van der Waals surface area contributed by atoms with Crippen LogP contribution in [-0.4, -0.2) is 54.1 Å². The van der Waals surface area contributed by atoms with E-state index in [1.165, 1.54) is 9.75 Å². The minimum Gasteiger partial charge on any atom is -0.336 e. The zero-order valence-corrected chi connectivity index (χ0v) is 12.8. The molecular formula is C14H22N4OS. The van der Waals surface area contributed by atoms with Crippen molar-refractivity contribution >= 4 is 17.4 Å². The molecule has 3 heterocycles. The number of hydrogen-bond acceptors (Lipinski definition) is 4. The minimum atomic E-state index is 0.0824. The second-order valence-corrected chi connectivity index (χ2v) is 7.10. The molecular weight excluding hydrogens is 272 g/mol. The van der Waals surface area contributed by atoms with Crippen molar-refractivity contribution in [2.75, 3.05) is 26.2 Å². The van der Waals surface area contributed by atoms with Crippen molar-refractivity contribution in [1.29, 1.82) is 0 Å². The number of nitrogens with two attached hydrogens (primary N) is 1. The number of nitrogens with one attached hydrogen (secondary N) is 1. The summed E-state index contributed by atoms with van der Waals surface area (Å²) in [6.07, 6.45) is 0. The van der Waals surface area contributed by atoms with Gasteiger partial charge < -0.3 is 16.0 Å². The van der Waals surface area contributed by atoms with Crippen LogP contribution in [0.2, 0.25) is 0 Å². The lowest BCUT2D eigenvalue weighted by molar-refractivity contribution is 0.0809. The Balaban J connectivity index is 1.78. The summed E-state index contributed by atoms with van der Waals surface area (Å²) in [5.41, 5.74) is 6.24. The van der Waals surface area contributed by atoms with Crippen LogP contribution in [0.4, 0.5) is 4.79 Å². The van der Waals surface area contributed by atoms with Gasteiger partial charge in [-0.15, -0.1) is 11.3 Å². The highest BCUT2D eigenvalue weighted by atomic mass is 32.1. The lowest BCUT2D eigenvalue weighted by Crippen LogP contribution is -2.55. The van der Waals surface area contributed by atoms with E-state index in [-0.39, 0.29) is 18.1 Å². The number of urea groups is 1. The van der Waals surface area contributed by atoms with E-state index in [2.05, 4.69) is 36.2 Å². The fourth-order valence-electron chi connectivity index (χ4n) is 3.26. The molecule has 0 spiro atoms. The van der Waals surface area contributed by atoms with Crippen molar-refractivity contribution in [2.24, 2.45) is 5.73 Å². The standard InChI is InChI=1S/C14H22N4OS/c1-9-3-4-12(20-9)13(10(2)15)17-5-6-18-11(8-17)7-16-14(18)19/h3-4,10-11,13H,5-8,15H2,1-2H3,(H,16,19). The number of aryl methyl sites for hydroxylation is 1. The molecule has 3 atom stereocenters. The van der Waals surface area contributed by atoms with Gasteiger partial charge in [-0.25, -0.2) is 4.79 Å². The van der Waals surface area contributed by atoms with E-state index in [1.807, 2.05) is 16.2 Å². The van der Waals surface area contributed by atoms with Crippen molar-refractivity contribution in [3.8, 4) is 0 Å². The molecule has 3 unspecified atom stereocenters. The fraction of sp³-hybridized carbons (Fsp3) is 0.643. The average Bonchev–Trinajstić information content (AvgIpc) is 2.97. The molecule has 0 aliphatic carbocycles. The summed E-state index contributed by atoms with van der Waals surface area (Å²) in [6, 6.07) is 5.07. The fourth-order valence-corrected chi connectivity index (χ4v) is 4.39. The monoisotopic (exact) mass is 294 g/mol. The number of piperazine rings is 1. The highest BCUT2D eigenvalue weighted by Crippen LogP contribution is 2.31. The van der Waals surface area contributed by atoms with Gasteiger partial charge in [0.2, 0.25) is 0 Å². The number of carbonyl (C=O) groups is 1. The molecule has 0 saturated carbocycles. The van der Waals surface area contributed by atoms with E-state index >= 15 is 0 Å². The van der Waals surface area contributed by atoms with Gasteiger partial charge in [-0.1, -0.05) is 0 Å². The number of thiophene rings is 1. The Bertz CT molecular complexity index is 501. The molecule has 0 radical (unpaired) electrons. The maximum atomic E-state index is 11.7. The third-order valence-electron chi connectivity index (χ3n) is 4.21. The first-order valence-corrected chi connectivity index (χ1v) is 7.98. The van der Waals surface area contributed by atoms with Crippen LogP contribution < -0.4 is 11.1 Å². The van der Waals surface area contributed by atoms with Gasteiger partial charge in [0, 0.05) is 42.0 Å². The van der Waals surface area contributed by atoms with Gasteiger partial charge in [0.1, 0.15) is 0 Å². The predicted octanol–water partition coefficient (Wildman–Crippen LogP) is 1.15. The van der Waals surface area contributed by atoms with Gasteiger partial charge >= 0.3 is 6.03 Å². The molecule has 2 aliphatic rings. The zero-order valence-electron chi connectivity index (χ0n) is 12.0. The summed E-state index contributed by atoms with van der Waals surface area (Å²) in [4.78, 5) is 18.7. The van der Waals surface area contributed by atoms with Crippen LogP contribution in [0.5, 0.6) is 0 Å². The van der Waals surface area contributed by atoms with Gasteiger partial charge in [-0.05, 0) is 26.0 Å². The Labute approximate surface area is 123 Å². The number of nitrogens with zero attached hydrogens (tertiary/aromatic N) is 2. The van der Waals surface area contributed by atoms with E-state index in [0.29, 0.717) is 6.04 Å². The van der Waals surface area contributed by atoms with Crippen molar-refractivity contribution in [1.82, 2.24) is 15.1 Å². The second kappa shape index (κ2) is 5.35. The van der Waals surface area contributed by atoms with Crippen molar-refractivity contribution in [2.45, 2.75) is 32.0 Å². The number of carbonyl (C=O) groups excluding carboxylic acids is 1. The molecule has 6 heteroatoms. The highest BCUT2D eigenvalue weighted by molar-refractivity contribution is 7.12. The maximum Gasteiger partial charge on any atom is 0.317 e. The molecule has 2 fully saturated rings. The Hall–Kier alpha value is -1.11. The third kappa shape index (κ3) is 2.43. The van der Waals surface area contributed by atoms with Crippen LogP contribution in [0.15, 0.2) is 12.1 Å². The SMILES string of the molecule is Cc1ccc(C(C(C)N)N2CCN3C(=O)NCC3C2)s1. The molecule has 1 aromatic heterocycles. The largest absolute Gasteiger partial charge is 0.336 e. The van der Waals surface area contributed by atoms with Crippen LogP contribution in [0, 0.1) is 6.92 Å². The van der Waals surface area contributed by atoms with E-state index in [1.54, 1.807) is 0 Å². The zero-order chi connectivity index (χ0) is 14.3. The summed E-state index contributed by atoms with van der Waals surface area (Å²) in [6.45, 7) is 7.55. The minimum absolute atomic E-state index is 0.0824. The molecule has 0 aromatic carbocycles. The van der Waals surface area contributed by atoms with Crippen molar-refractivity contribution in [3.63, 3.8) is 0 Å². The molecule has 5 nitrogen and oxygen atoms in total. The van der Waals surface area contributed by atoms with Crippen molar-refractivity contribution in [3.05, 3.63) is 21.9 Å². The predicted molar refractivity (Wildman–Crippen MR) is 80.9 cm³/mol. The molecule has 2 aliphatic heterocycles. The highest BCUT2D eigenvalue weighted by Gasteiger charge is 2.38. The number of fused-ring (bicyclic) bond motifs is 1. The molecule has 1 aromatic rings. The maximum absolute atomic E-state index is 11.7. The third-order valence-corrected chi connectivity index (χ3v) is 5.28. The molecule has 2 saturated heterocycles. The Kier molecular flexibility index (Phi) is 3.70. The van der Waals surface area contributed by atoms with E-state index in [9.17, 15) is 4.79 Å². The first-order chi connectivity index (χ1) is 9.56. The molecule has 110 valence electrons. The number of hydrogen-bond donors (Lipinski definition) is 2. The van der Waals surface area contributed by atoms with Gasteiger partial charge in [-0.3, -0.25) is 4.90 Å². The summed E-state index contributed by atoms with van der Waals surface area (Å²) >= 11 is 1.83. The molecule has 20 heavy (non-hydrogen) atoms. The van der Waals surface area contributed by atoms with Crippen molar-refractivity contribution < 1.29 is 4.79 Å². The smallest absolute Gasteiger partial charge is 0.317 e. The summed E-state index contributed by atoms with van der Waals surface area (Å²) < 4.78 is 0. The molecule has 3 N–H and O–H groups in total. The van der Waals surface area contributed by atoms with Crippen LogP contribution in [-0.2, 0) is 0 Å². The second-order valence-electron chi connectivity index (χ2n) is 5.78. The summed E-state index contributed by atoms with van der Waals surface area (Å²) in [5, 5.41) is 2.93. The topological polar surface area (TPSA) is 61.6 Å². The molecule has 2 amide bonds. The Morgan fingerprint density at radius 2 is 2.25 bits per heavy atom. The summed E-state index contributed by atoms with van der Waals surface area (Å²) in [5.74, 6) is 0. The van der Waals surface area contributed by atoms with Crippen LogP contribution in [0.25, 0.3) is 0 Å². The molecule has 3 rings (SSSR count). The quantitative estimate of drug-likeness (QED) is 0.879. The van der Waals surface area contributed by atoms with Gasteiger partial charge in [-0.2, -0.15) is 0 Å². The number of rotatable bonds is 3. The first-order valence-electron chi connectivity index (χ1n) is 7.16. The normalized spacial score (nSPS) is 26.2. The number of amides is 2. The van der Waals surface area contributed by atoms with Gasteiger partial charge in [0.25, 0.3) is 0 Å². The van der Waals surface area contributed by atoms with Crippen LogP contribution in [0.1, 0.15) is 22.7 Å². The van der Waals surface area contributed by atoms with Gasteiger partial charge in [0.15, 0.2) is 0 Å². The summed E-state index contributed by atoms with van der Waals surface area (Å²) in [7, 11) is 0. The Morgan fingerprint density at radius 1 is 1.45 bits per heavy atom.